The van der Waals surface area contributed by atoms with E-state index in [0.717, 1.165) is 17.9 Å². The molecule has 0 atom stereocenters. The van der Waals surface area contributed by atoms with Crippen molar-refractivity contribution in [3.8, 4) is 11.5 Å². The third kappa shape index (κ3) is 3.92. The van der Waals surface area contributed by atoms with Gasteiger partial charge in [0.05, 0.1) is 0 Å². The molecule has 0 fully saturated rings. The van der Waals surface area contributed by atoms with Crippen molar-refractivity contribution in [2.24, 2.45) is 5.92 Å². The Labute approximate surface area is 140 Å². The zero-order chi connectivity index (χ0) is 16.9. The highest BCUT2D eigenvalue weighted by molar-refractivity contribution is 5.92. The highest BCUT2D eigenvalue weighted by atomic mass is 16.7. The van der Waals surface area contributed by atoms with Gasteiger partial charge in [-0.15, -0.1) is 0 Å². The molecule has 2 heterocycles. The molecule has 0 spiro atoms. The van der Waals surface area contributed by atoms with E-state index in [1.165, 1.54) is 0 Å². The van der Waals surface area contributed by atoms with Gasteiger partial charge >= 0.3 is 0 Å². The number of benzene rings is 1. The van der Waals surface area contributed by atoms with E-state index < -0.39 is 0 Å². The Morgan fingerprint density at radius 3 is 2.92 bits per heavy atom. The molecule has 7 nitrogen and oxygen atoms in total. The molecule has 126 valence electrons. The van der Waals surface area contributed by atoms with Gasteiger partial charge in [-0.05, 0) is 29.7 Å². The number of hydrogen-bond acceptors (Lipinski definition) is 6. The van der Waals surface area contributed by atoms with Crippen LogP contribution in [-0.2, 0) is 6.54 Å². The summed E-state index contributed by atoms with van der Waals surface area (Å²) in [5.41, 5.74) is 1.26. The number of nitrogens with zero attached hydrogens (tertiary/aromatic N) is 2. The first-order valence-corrected chi connectivity index (χ1v) is 7.85. The fourth-order valence-electron chi connectivity index (χ4n) is 2.19. The van der Waals surface area contributed by atoms with E-state index in [1.54, 1.807) is 12.3 Å². The van der Waals surface area contributed by atoms with Gasteiger partial charge in [0.2, 0.25) is 12.7 Å². The largest absolute Gasteiger partial charge is 0.454 e. The zero-order valence-electron chi connectivity index (χ0n) is 13.7. The smallest absolute Gasteiger partial charge is 0.270 e. The number of ether oxygens (including phenoxy) is 2. The molecule has 1 aliphatic rings. The maximum Gasteiger partial charge on any atom is 0.270 e. The predicted molar refractivity (Wildman–Crippen MR) is 89.1 cm³/mol. The molecule has 2 aromatic rings. The highest BCUT2D eigenvalue weighted by Gasteiger charge is 2.14. The van der Waals surface area contributed by atoms with E-state index in [-0.39, 0.29) is 12.7 Å². The third-order valence-electron chi connectivity index (χ3n) is 3.45. The van der Waals surface area contributed by atoms with E-state index in [4.69, 9.17) is 9.47 Å². The number of anilines is 1. The van der Waals surface area contributed by atoms with Crippen molar-refractivity contribution in [2.45, 2.75) is 20.4 Å². The Morgan fingerprint density at radius 2 is 2.08 bits per heavy atom. The van der Waals surface area contributed by atoms with Gasteiger partial charge in [0.15, 0.2) is 11.5 Å². The molecule has 0 saturated carbocycles. The minimum atomic E-state index is -0.248. The molecule has 7 heteroatoms. The standard InChI is InChI=1S/C17H20N4O3/c1-11(2)8-20-17-18-6-5-13(21-17)16(22)19-9-12-3-4-14-15(7-12)24-10-23-14/h3-7,11H,8-10H2,1-2H3,(H,19,22)(H,18,20,21). The van der Waals surface area contributed by atoms with Gasteiger partial charge in [0.25, 0.3) is 5.91 Å². The molecule has 0 saturated heterocycles. The van der Waals surface area contributed by atoms with E-state index in [0.29, 0.717) is 29.9 Å². The van der Waals surface area contributed by atoms with Gasteiger partial charge in [0, 0.05) is 19.3 Å². The zero-order valence-corrected chi connectivity index (χ0v) is 13.7. The predicted octanol–water partition coefficient (Wildman–Crippen LogP) is 2.20. The topological polar surface area (TPSA) is 85.4 Å². The SMILES string of the molecule is CC(C)CNc1nccc(C(=O)NCc2ccc3c(c2)OCO3)n1. The summed E-state index contributed by atoms with van der Waals surface area (Å²) in [4.78, 5) is 20.6. The summed E-state index contributed by atoms with van der Waals surface area (Å²) in [5.74, 6) is 2.10. The number of aromatic nitrogens is 2. The minimum absolute atomic E-state index is 0.234. The average molecular weight is 328 g/mol. The van der Waals surface area contributed by atoms with Crippen LogP contribution < -0.4 is 20.1 Å². The summed E-state index contributed by atoms with van der Waals surface area (Å²) < 4.78 is 10.6. The Morgan fingerprint density at radius 1 is 1.25 bits per heavy atom. The second-order valence-corrected chi connectivity index (χ2v) is 5.91. The van der Waals surface area contributed by atoms with Crippen molar-refractivity contribution in [3.63, 3.8) is 0 Å². The molecule has 0 aliphatic carbocycles. The first kappa shape index (κ1) is 16.0. The van der Waals surface area contributed by atoms with Gasteiger partial charge in [-0.25, -0.2) is 9.97 Å². The average Bonchev–Trinajstić information content (AvgIpc) is 3.06. The van der Waals surface area contributed by atoms with Crippen LogP contribution in [0, 0.1) is 5.92 Å². The van der Waals surface area contributed by atoms with E-state index in [9.17, 15) is 4.79 Å². The molecule has 1 aliphatic heterocycles. The van der Waals surface area contributed by atoms with Gasteiger partial charge in [-0.1, -0.05) is 19.9 Å². The summed E-state index contributed by atoms with van der Waals surface area (Å²) in [6.07, 6.45) is 1.57. The fourth-order valence-corrected chi connectivity index (χ4v) is 2.19. The Balaban J connectivity index is 1.59. The molecular weight excluding hydrogens is 308 g/mol. The second-order valence-electron chi connectivity index (χ2n) is 5.91. The number of carbonyl (C=O) groups excluding carboxylic acids is 1. The second kappa shape index (κ2) is 7.16. The number of amides is 1. The lowest BCUT2D eigenvalue weighted by Crippen LogP contribution is -2.24. The van der Waals surface area contributed by atoms with Crippen molar-refractivity contribution in [1.29, 1.82) is 0 Å². The summed E-state index contributed by atoms with van der Waals surface area (Å²) in [5, 5.41) is 5.95. The molecule has 1 aromatic carbocycles. The summed E-state index contributed by atoms with van der Waals surface area (Å²) in [6.45, 7) is 5.55. The molecule has 2 N–H and O–H groups in total. The van der Waals surface area contributed by atoms with Gasteiger partial charge in [-0.2, -0.15) is 0 Å². The number of hydrogen-bond donors (Lipinski definition) is 2. The first-order valence-electron chi connectivity index (χ1n) is 7.85. The molecule has 0 radical (unpaired) electrons. The Kier molecular flexibility index (Phi) is 4.79. The lowest BCUT2D eigenvalue weighted by atomic mass is 10.2. The summed E-state index contributed by atoms with van der Waals surface area (Å²) >= 11 is 0. The first-order chi connectivity index (χ1) is 11.6. The molecule has 0 bridgehead atoms. The Bertz CT molecular complexity index is 734. The molecule has 0 unspecified atom stereocenters. The van der Waals surface area contributed by atoms with Crippen molar-refractivity contribution in [3.05, 3.63) is 41.7 Å². The number of rotatable bonds is 6. The van der Waals surface area contributed by atoms with Gasteiger partial charge in [-0.3, -0.25) is 4.79 Å². The number of fused-ring (bicyclic) bond motifs is 1. The van der Waals surface area contributed by atoms with Crippen LogP contribution in [0.25, 0.3) is 0 Å². The number of carbonyl (C=O) groups is 1. The highest BCUT2D eigenvalue weighted by Crippen LogP contribution is 2.32. The molecule has 1 aromatic heterocycles. The van der Waals surface area contributed by atoms with Gasteiger partial charge < -0.3 is 20.1 Å². The molecule has 1 amide bonds. The third-order valence-corrected chi connectivity index (χ3v) is 3.45. The van der Waals surface area contributed by atoms with Crippen LogP contribution in [0.5, 0.6) is 11.5 Å². The maximum absolute atomic E-state index is 12.3. The van der Waals surface area contributed by atoms with Gasteiger partial charge in [0.1, 0.15) is 5.69 Å². The summed E-state index contributed by atoms with van der Waals surface area (Å²) in [7, 11) is 0. The van der Waals surface area contributed by atoms with Crippen LogP contribution in [0.15, 0.2) is 30.5 Å². The monoisotopic (exact) mass is 328 g/mol. The van der Waals surface area contributed by atoms with Crippen molar-refractivity contribution in [1.82, 2.24) is 15.3 Å². The van der Waals surface area contributed by atoms with Crippen LogP contribution in [-0.4, -0.2) is 29.2 Å². The molecule has 24 heavy (non-hydrogen) atoms. The van der Waals surface area contributed by atoms with Crippen molar-refractivity contribution in [2.75, 3.05) is 18.7 Å². The van der Waals surface area contributed by atoms with Crippen LogP contribution in [0.2, 0.25) is 0 Å². The maximum atomic E-state index is 12.3. The van der Waals surface area contributed by atoms with Crippen LogP contribution in [0.3, 0.4) is 0 Å². The van der Waals surface area contributed by atoms with Crippen molar-refractivity contribution < 1.29 is 14.3 Å². The van der Waals surface area contributed by atoms with Crippen LogP contribution in [0.4, 0.5) is 5.95 Å². The van der Waals surface area contributed by atoms with Crippen molar-refractivity contribution >= 4 is 11.9 Å². The van der Waals surface area contributed by atoms with E-state index in [2.05, 4.69) is 34.4 Å². The summed E-state index contributed by atoms with van der Waals surface area (Å²) in [6, 6.07) is 7.18. The van der Waals surface area contributed by atoms with E-state index in [1.807, 2.05) is 18.2 Å². The van der Waals surface area contributed by atoms with Crippen LogP contribution in [0.1, 0.15) is 29.9 Å². The minimum Gasteiger partial charge on any atom is -0.454 e. The van der Waals surface area contributed by atoms with E-state index >= 15 is 0 Å². The number of nitrogens with one attached hydrogen (secondary N) is 2. The molecule has 3 rings (SSSR count). The molecular formula is C17H20N4O3. The fraction of sp³-hybridized carbons (Fsp3) is 0.353. The van der Waals surface area contributed by atoms with Crippen LogP contribution >= 0.6 is 0 Å². The Hall–Kier alpha value is -2.83. The normalized spacial score (nSPS) is 12.3. The quantitative estimate of drug-likeness (QED) is 0.845. The lowest BCUT2D eigenvalue weighted by molar-refractivity contribution is 0.0946. The lowest BCUT2D eigenvalue weighted by Gasteiger charge is -2.09.